The topological polar surface area (TPSA) is 46.2 Å². The van der Waals surface area contributed by atoms with Crippen molar-refractivity contribution >= 4 is 9.84 Å². The highest BCUT2D eigenvalue weighted by atomic mass is 32.2. The Balaban J connectivity index is 2.29. The number of hydrogen-bond acceptors (Lipinski definition) is 3. The Bertz CT molecular complexity index is 545. The molecule has 1 fully saturated rings. The third kappa shape index (κ3) is 2.87. The number of benzene rings is 1. The minimum atomic E-state index is -3.14. The maximum atomic E-state index is 13.2. The van der Waals surface area contributed by atoms with Crippen molar-refractivity contribution in [2.45, 2.75) is 25.4 Å². The lowest BCUT2D eigenvalue weighted by molar-refractivity contribution is 0.436. The standard InChI is InChI=1S/C12H15F2NO2S/c1-2-9-6-18(16,17)7-12(15-9)8-3-4-10(13)11(14)5-8/h3-5,9,12,15H,2,6-7H2,1H3. The zero-order valence-corrected chi connectivity index (χ0v) is 10.8. The van der Waals surface area contributed by atoms with Crippen LogP contribution in [0.5, 0.6) is 0 Å². The molecule has 2 unspecified atom stereocenters. The van der Waals surface area contributed by atoms with E-state index >= 15 is 0 Å². The van der Waals surface area contributed by atoms with Gasteiger partial charge in [-0.2, -0.15) is 0 Å². The van der Waals surface area contributed by atoms with Gasteiger partial charge in [0, 0.05) is 12.1 Å². The molecule has 2 rings (SSSR count). The van der Waals surface area contributed by atoms with E-state index < -0.39 is 27.5 Å². The first-order valence-electron chi connectivity index (χ1n) is 5.82. The maximum absolute atomic E-state index is 13.2. The lowest BCUT2D eigenvalue weighted by atomic mass is 10.1. The van der Waals surface area contributed by atoms with Crippen molar-refractivity contribution in [3.63, 3.8) is 0 Å². The predicted molar refractivity (Wildman–Crippen MR) is 65.0 cm³/mol. The van der Waals surface area contributed by atoms with Crippen molar-refractivity contribution in [1.82, 2.24) is 5.32 Å². The number of rotatable bonds is 2. The Morgan fingerprint density at radius 3 is 2.61 bits per heavy atom. The van der Waals surface area contributed by atoms with Gasteiger partial charge in [0.2, 0.25) is 0 Å². The van der Waals surface area contributed by atoms with Gasteiger partial charge in [-0.25, -0.2) is 17.2 Å². The van der Waals surface area contributed by atoms with Gasteiger partial charge in [-0.1, -0.05) is 13.0 Å². The van der Waals surface area contributed by atoms with Gasteiger partial charge in [0.05, 0.1) is 11.5 Å². The predicted octanol–water partition coefficient (Wildman–Crippen LogP) is 1.80. The molecule has 6 heteroatoms. The van der Waals surface area contributed by atoms with Crippen LogP contribution in [-0.2, 0) is 9.84 Å². The van der Waals surface area contributed by atoms with Crippen molar-refractivity contribution in [3.05, 3.63) is 35.4 Å². The minimum Gasteiger partial charge on any atom is -0.305 e. The molecule has 1 saturated heterocycles. The molecule has 3 nitrogen and oxygen atoms in total. The molecule has 1 aromatic carbocycles. The summed E-state index contributed by atoms with van der Waals surface area (Å²) in [7, 11) is -3.14. The van der Waals surface area contributed by atoms with E-state index in [1.165, 1.54) is 6.07 Å². The molecule has 0 saturated carbocycles. The van der Waals surface area contributed by atoms with Gasteiger partial charge in [-0.15, -0.1) is 0 Å². The van der Waals surface area contributed by atoms with E-state index in [0.717, 1.165) is 12.1 Å². The molecular weight excluding hydrogens is 260 g/mol. The fraction of sp³-hybridized carbons (Fsp3) is 0.500. The van der Waals surface area contributed by atoms with E-state index in [0.29, 0.717) is 12.0 Å². The molecule has 0 amide bonds. The fourth-order valence-corrected chi connectivity index (χ4v) is 4.04. The van der Waals surface area contributed by atoms with Gasteiger partial charge in [0.15, 0.2) is 21.5 Å². The third-order valence-electron chi connectivity index (χ3n) is 3.15. The smallest absolute Gasteiger partial charge is 0.159 e. The molecule has 1 N–H and O–H groups in total. The summed E-state index contributed by atoms with van der Waals surface area (Å²) in [4.78, 5) is 0. The number of hydrogen-bond donors (Lipinski definition) is 1. The highest BCUT2D eigenvalue weighted by molar-refractivity contribution is 7.91. The quantitative estimate of drug-likeness (QED) is 0.895. The molecule has 1 aliphatic rings. The van der Waals surface area contributed by atoms with Gasteiger partial charge in [0.1, 0.15) is 0 Å². The fourth-order valence-electron chi connectivity index (χ4n) is 2.17. The van der Waals surface area contributed by atoms with Crippen molar-refractivity contribution in [1.29, 1.82) is 0 Å². The highest BCUT2D eigenvalue weighted by Gasteiger charge is 2.31. The van der Waals surface area contributed by atoms with Crippen LogP contribution in [0.25, 0.3) is 0 Å². The van der Waals surface area contributed by atoms with E-state index in [-0.39, 0.29) is 17.5 Å². The molecule has 0 bridgehead atoms. The van der Waals surface area contributed by atoms with E-state index in [9.17, 15) is 17.2 Å². The summed E-state index contributed by atoms with van der Waals surface area (Å²) in [6.07, 6.45) is 0.680. The summed E-state index contributed by atoms with van der Waals surface area (Å²) in [5.74, 6) is -1.85. The second-order valence-electron chi connectivity index (χ2n) is 4.57. The lowest BCUT2D eigenvalue weighted by Gasteiger charge is -2.30. The van der Waals surface area contributed by atoms with Crippen LogP contribution in [0.1, 0.15) is 24.9 Å². The Hall–Kier alpha value is -1.01. The first-order chi connectivity index (χ1) is 8.41. The Morgan fingerprint density at radius 2 is 2.00 bits per heavy atom. The molecule has 0 radical (unpaired) electrons. The molecule has 2 atom stereocenters. The lowest BCUT2D eigenvalue weighted by Crippen LogP contribution is -2.46. The summed E-state index contributed by atoms with van der Waals surface area (Å²) in [6.45, 7) is 1.89. The molecule has 100 valence electrons. The van der Waals surface area contributed by atoms with Gasteiger partial charge in [-0.05, 0) is 24.1 Å². The van der Waals surface area contributed by atoms with E-state index in [1.807, 2.05) is 6.92 Å². The van der Waals surface area contributed by atoms with Gasteiger partial charge >= 0.3 is 0 Å². The molecule has 1 aliphatic heterocycles. The van der Waals surface area contributed by atoms with E-state index in [4.69, 9.17) is 0 Å². The van der Waals surface area contributed by atoms with Crippen LogP contribution in [0.15, 0.2) is 18.2 Å². The van der Waals surface area contributed by atoms with E-state index in [2.05, 4.69) is 5.32 Å². The van der Waals surface area contributed by atoms with E-state index in [1.54, 1.807) is 0 Å². The summed E-state index contributed by atoms with van der Waals surface area (Å²) >= 11 is 0. The molecule has 18 heavy (non-hydrogen) atoms. The maximum Gasteiger partial charge on any atom is 0.159 e. The first-order valence-corrected chi connectivity index (χ1v) is 7.65. The summed E-state index contributed by atoms with van der Waals surface area (Å²) in [6, 6.07) is 2.89. The van der Waals surface area contributed by atoms with Crippen LogP contribution in [0, 0.1) is 11.6 Å². The normalized spacial score (nSPS) is 27.1. The number of halogens is 2. The SMILES string of the molecule is CCC1CS(=O)(=O)CC(c2ccc(F)c(F)c2)N1. The Kier molecular flexibility index (Phi) is 3.68. The zero-order valence-electron chi connectivity index (χ0n) is 9.99. The molecule has 0 aliphatic carbocycles. The molecular formula is C12H15F2NO2S. The zero-order chi connectivity index (χ0) is 13.3. The molecule has 1 heterocycles. The Labute approximate surface area is 105 Å². The third-order valence-corrected chi connectivity index (χ3v) is 4.90. The summed E-state index contributed by atoms with van der Waals surface area (Å²) in [5, 5.41) is 3.15. The monoisotopic (exact) mass is 275 g/mol. The van der Waals surface area contributed by atoms with Crippen LogP contribution < -0.4 is 5.32 Å². The minimum absolute atomic E-state index is 0.0748. The molecule has 1 aromatic rings. The van der Waals surface area contributed by atoms with Crippen molar-refractivity contribution in [2.75, 3.05) is 11.5 Å². The van der Waals surface area contributed by atoms with Crippen LogP contribution in [0.3, 0.4) is 0 Å². The number of sulfone groups is 1. The second-order valence-corrected chi connectivity index (χ2v) is 6.73. The van der Waals surface area contributed by atoms with Crippen molar-refractivity contribution in [2.24, 2.45) is 0 Å². The largest absolute Gasteiger partial charge is 0.305 e. The van der Waals surface area contributed by atoms with Crippen molar-refractivity contribution in [3.8, 4) is 0 Å². The number of nitrogens with one attached hydrogen (secondary N) is 1. The molecule has 0 spiro atoms. The van der Waals surface area contributed by atoms with Gasteiger partial charge in [0.25, 0.3) is 0 Å². The highest BCUT2D eigenvalue weighted by Crippen LogP contribution is 2.23. The van der Waals surface area contributed by atoms with Crippen LogP contribution >= 0.6 is 0 Å². The van der Waals surface area contributed by atoms with Gasteiger partial charge < -0.3 is 5.32 Å². The van der Waals surface area contributed by atoms with Crippen LogP contribution in [0.2, 0.25) is 0 Å². The summed E-state index contributed by atoms with van der Waals surface area (Å²) < 4.78 is 49.5. The van der Waals surface area contributed by atoms with Crippen LogP contribution in [-0.4, -0.2) is 26.0 Å². The van der Waals surface area contributed by atoms with Crippen molar-refractivity contribution < 1.29 is 17.2 Å². The van der Waals surface area contributed by atoms with Gasteiger partial charge in [-0.3, -0.25) is 0 Å². The van der Waals surface area contributed by atoms with Crippen LogP contribution in [0.4, 0.5) is 8.78 Å². The summed E-state index contributed by atoms with van der Waals surface area (Å²) in [5.41, 5.74) is 0.468. The Morgan fingerprint density at radius 1 is 1.28 bits per heavy atom. The average Bonchev–Trinajstić information content (AvgIpc) is 2.30. The molecule has 0 aromatic heterocycles. The average molecular weight is 275 g/mol. The first kappa shape index (κ1) is 13.4. The second kappa shape index (κ2) is 4.93.